The molecule has 2 amide bonds. The summed E-state index contributed by atoms with van der Waals surface area (Å²) in [5.41, 5.74) is 3.08. The summed E-state index contributed by atoms with van der Waals surface area (Å²) in [5, 5.41) is 10.4. The number of carboxylic acids is 1. The van der Waals surface area contributed by atoms with E-state index >= 15 is 0 Å². The predicted octanol–water partition coefficient (Wildman–Crippen LogP) is 5.37. The van der Waals surface area contributed by atoms with Gasteiger partial charge in [0.15, 0.2) is 0 Å². The standard InChI is InChI=1S/C20H21ClFN3O2.C2HF3O2/c1-27-13-18-12-17(4-7-23-18)24-20(26)25-8-5-14(6-9-25)10-15-2-3-16(21)11-19(15)22;3-2(4,5)1(6)7/h2-4,7,10-12H,5-6,8-9,13H2,1H3,(H,23,24,26);(H,6,7). The monoisotopic (exact) mass is 503 g/mol. The van der Waals surface area contributed by atoms with E-state index in [4.69, 9.17) is 26.2 Å². The Bertz CT molecular complexity index is 1040. The molecule has 12 heteroatoms. The lowest BCUT2D eigenvalue weighted by molar-refractivity contribution is -0.192. The summed E-state index contributed by atoms with van der Waals surface area (Å²) in [4.78, 5) is 27.3. The van der Waals surface area contributed by atoms with Crippen molar-refractivity contribution in [2.24, 2.45) is 0 Å². The Kier molecular flexibility index (Phi) is 9.82. The molecule has 1 fully saturated rings. The first kappa shape index (κ1) is 27.1. The number of aromatic nitrogens is 1. The van der Waals surface area contributed by atoms with Crippen LogP contribution in [0.15, 0.2) is 42.1 Å². The van der Waals surface area contributed by atoms with Crippen LogP contribution in [0, 0.1) is 5.82 Å². The molecule has 1 aromatic carbocycles. The molecular weight excluding hydrogens is 482 g/mol. The first-order valence-electron chi connectivity index (χ1n) is 9.94. The highest BCUT2D eigenvalue weighted by molar-refractivity contribution is 6.30. The zero-order valence-corrected chi connectivity index (χ0v) is 18.8. The van der Waals surface area contributed by atoms with E-state index in [1.807, 2.05) is 6.08 Å². The van der Waals surface area contributed by atoms with Gasteiger partial charge in [-0.05, 0) is 37.1 Å². The number of rotatable bonds is 4. The number of anilines is 1. The fourth-order valence-corrected chi connectivity index (χ4v) is 3.12. The smallest absolute Gasteiger partial charge is 0.475 e. The third-order valence-electron chi connectivity index (χ3n) is 4.62. The number of halogens is 5. The van der Waals surface area contributed by atoms with Crippen molar-refractivity contribution in [2.45, 2.75) is 25.6 Å². The molecule has 1 saturated heterocycles. The van der Waals surface area contributed by atoms with E-state index in [-0.39, 0.29) is 11.8 Å². The third-order valence-corrected chi connectivity index (χ3v) is 4.85. The van der Waals surface area contributed by atoms with E-state index in [1.54, 1.807) is 42.5 Å². The van der Waals surface area contributed by atoms with Gasteiger partial charge in [0.1, 0.15) is 5.82 Å². The van der Waals surface area contributed by atoms with Gasteiger partial charge in [0, 0.05) is 42.7 Å². The summed E-state index contributed by atoms with van der Waals surface area (Å²) in [7, 11) is 1.60. The molecule has 3 rings (SSSR count). The summed E-state index contributed by atoms with van der Waals surface area (Å²) < 4.78 is 50.7. The molecular formula is C22H22ClF4N3O4. The van der Waals surface area contributed by atoms with Crippen molar-refractivity contribution >= 4 is 35.4 Å². The second-order valence-electron chi connectivity index (χ2n) is 7.16. The molecule has 0 saturated carbocycles. The van der Waals surface area contributed by atoms with Crippen LogP contribution in [0.1, 0.15) is 24.1 Å². The minimum absolute atomic E-state index is 0.152. The number of amides is 2. The number of carboxylic acid groups (broad SMARTS) is 1. The SMILES string of the molecule is COCc1cc(NC(=O)N2CCC(=Cc3ccc(Cl)cc3F)CC2)ccn1.O=C(O)C(F)(F)F. The maximum absolute atomic E-state index is 13.9. The summed E-state index contributed by atoms with van der Waals surface area (Å²) in [6.45, 7) is 1.56. The molecule has 34 heavy (non-hydrogen) atoms. The molecule has 0 radical (unpaired) electrons. The topological polar surface area (TPSA) is 91.8 Å². The third kappa shape index (κ3) is 8.64. The number of hydrogen-bond acceptors (Lipinski definition) is 4. The first-order valence-corrected chi connectivity index (χ1v) is 10.3. The van der Waals surface area contributed by atoms with E-state index in [0.29, 0.717) is 48.8 Å². The van der Waals surface area contributed by atoms with Crippen molar-refractivity contribution in [1.82, 2.24) is 9.88 Å². The number of ether oxygens (including phenoxy) is 1. The quantitative estimate of drug-likeness (QED) is 0.548. The minimum atomic E-state index is -5.08. The van der Waals surface area contributed by atoms with E-state index in [0.717, 1.165) is 11.3 Å². The Hall–Kier alpha value is -3.18. The summed E-state index contributed by atoms with van der Waals surface area (Å²) in [6, 6.07) is 8.04. The van der Waals surface area contributed by atoms with Gasteiger partial charge in [-0.3, -0.25) is 4.98 Å². The molecule has 7 nitrogen and oxygen atoms in total. The molecule has 2 N–H and O–H groups in total. The van der Waals surface area contributed by atoms with Gasteiger partial charge in [0.05, 0.1) is 12.3 Å². The Balaban J connectivity index is 0.000000509. The lowest BCUT2D eigenvalue weighted by Crippen LogP contribution is -2.39. The number of benzene rings is 1. The van der Waals surface area contributed by atoms with Crippen molar-refractivity contribution in [2.75, 3.05) is 25.5 Å². The molecule has 184 valence electrons. The number of alkyl halides is 3. The van der Waals surface area contributed by atoms with Gasteiger partial charge in [0.2, 0.25) is 0 Å². The molecule has 0 bridgehead atoms. The Morgan fingerprint density at radius 2 is 1.88 bits per heavy atom. The van der Waals surface area contributed by atoms with Crippen LogP contribution in [0.25, 0.3) is 6.08 Å². The normalized spacial score (nSPS) is 13.6. The Labute approximate surface area is 198 Å². The van der Waals surface area contributed by atoms with Crippen LogP contribution in [-0.4, -0.2) is 53.4 Å². The molecule has 1 aromatic heterocycles. The van der Waals surface area contributed by atoms with E-state index in [1.165, 1.54) is 6.07 Å². The zero-order valence-electron chi connectivity index (χ0n) is 18.0. The minimum Gasteiger partial charge on any atom is -0.475 e. The van der Waals surface area contributed by atoms with Crippen LogP contribution >= 0.6 is 11.6 Å². The molecule has 0 aliphatic carbocycles. The van der Waals surface area contributed by atoms with Gasteiger partial charge in [-0.1, -0.05) is 29.3 Å². The van der Waals surface area contributed by atoms with Crippen LogP contribution in [0.2, 0.25) is 5.02 Å². The fraction of sp³-hybridized carbons (Fsp3) is 0.318. The molecule has 2 heterocycles. The molecule has 0 atom stereocenters. The number of carbonyl (C=O) groups is 2. The maximum atomic E-state index is 13.9. The molecule has 0 unspecified atom stereocenters. The lowest BCUT2D eigenvalue weighted by atomic mass is 10.0. The Morgan fingerprint density at radius 1 is 1.24 bits per heavy atom. The van der Waals surface area contributed by atoms with E-state index < -0.39 is 12.1 Å². The number of nitrogens with zero attached hydrogens (tertiary/aromatic N) is 2. The number of piperidine rings is 1. The number of methoxy groups -OCH3 is 1. The fourth-order valence-electron chi connectivity index (χ4n) is 2.97. The van der Waals surface area contributed by atoms with Gasteiger partial charge in [-0.25, -0.2) is 14.0 Å². The molecule has 1 aliphatic rings. The number of aliphatic carboxylic acids is 1. The van der Waals surface area contributed by atoms with Gasteiger partial charge < -0.3 is 20.1 Å². The number of nitrogens with one attached hydrogen (secondary N) is 1. The molecule has 2 aromatic rings. The van der Waals surface area contributed by atoms with Crippen LogP contribution in [-0.2, 0) is 16.1 Å². The zero-order chi connectivity index (χ0) is 25.3. The predicted molar refractivity (Wildman–Crippen MR) is 118 cm³/mol. The van der Waals surface area contributed by atoms with Gasteiger partial charge >= 0.3 is 18.2 Å². The number of urea groups is 1. The maximum Gasteiger partial charge on any atom is 0.490 e. The summed E-state index contributed by atoms with van der Waals surface area (Å²) in [5.74, 6) is -3.09. The second-order valence-corrected chi connectivity index (χ2v) is 7.59. The van der Waals surface area contributed by atoms with Crippen molar-refractivity contribution in [1.29, 1.82) is 0 Å². The van der Waals surface area contributed by atoms with Crippen LogP contribution in [0.5, 0.6) is 0 Å². The average molecular weight is 504 g/mol. The van der Waals surface area contributed by atoms with Crippen LogP contribution in [0.4, 0.5) is 28.0 Å². The largest absolute Gasteiger partial charge is 0.490 e. The van der Waals surface area contributed by atoms with Crippen molar-refractivity contribution in [3.8, 4) is 0 Å². The average Bonchev–Trinajstić information content (AvgIpc) is 2.76. The van der Waals surface area contributed by atoms with Crippen molar-refractivity contribution in [3.63, 3.8) is 0 Å². The molecule has 1 aliphatic heterocycles. The van der Waals surface area contributed by atoms with Crippen LogP contribution < -0.4 is 5.32 Å². The second kappa shape index (κ2) is 12.3. The molecule has 0 spiro atoms. The van der Waals surface area contributed by atoms with Gasteiger partial charge in [0.25, 0.3) is 0 Å². The lowest BCUT2D eigenvalue weighted by Gasteiger charge is -2.28. The Morgan fingerprint density at radius 3 is 2.44 bits per heavy atom. The number of likely N-dealkylation sites (tertiary alicyclic amines) is 1. The van der Waals surface area contributed by atoms with E-state index in [2.05, 4.69) is 10.3 Å². The first-order chi connectivity index (χ1) is 16.0. The highest BCUT2D eigenvalue weighted by atomic mass is 35.5. The van der Waals surface area contributed by atoms with Crippen molar-refractivity contribution < 1.29 is 37.0 Å². The summed E-state index contributed by atoms with van der Waals surface area (Å²) >= 11 is 5.78. The number of hydrogen-bond donors (Lipinski definition) is 2. The van der Waals surface area contributed by atoms with E-state index in [9.17, 15) is 22.4 Å². The van der Waals surface area contributed by atoms with Gasteiger partial charge in [-0.15, -0.1) is 0 Å². The number of pyridine rings is 1. The highest BCUT2D eigenvalue weighted by Crippen LogP contribution is 2.23. The van der Waals surface area contributed by atoms with Crippen LogP contribution in [0.3, 0.4) is 0 Å². The van der Waals surface area contributed by atoms with Crippen molar-refractivity contribution in [3.05, 3.63) is 64.2 Å². The van der Waals surface area contributed by atoms with Gasteiger partial charge in [-0.2, -0.15) is 13.2 Å². The number of carbonyl (C=O) groups excluding carboxylic acids is 1. The highest BCUT2D eigenvalue weighted by Gasteiger charge is 2.38. The summed E-state index contributed by atoms with van der Waals surface area (Å²) in [6.07, 6.45) is -0.177.